The first-order valence-corrected chi connectivity index (χ1v) is 8.95. The standard InChI is InChI=1S/C15H21NO4S/c1-14(2)11-5-6-15(14,13(17)8-11)10-21(18,19)16-9-12-4-3-7-20-12/h3-4,7,11,16H,5-6,8-10H2,1-2H3/t11-,15+/m1/s1. The van der Waals surface area contributed by atoms with Gasteiger partial charge in [0.1, 0.15) is 11.5 Å². The van der Waals surface area contributed by atoms with Crippen LogP contribution in [0.5, 0.6) is 0 Å². The minimum absolute atomic E-state index is 0.108. The number of ketones is 1. The fourth-order valence-corrected chi connectivity index (χ4v) is 5.87. The van der Waals surface area contributed by atoms with E-state index in [-0.39, 0.29) is 23.5 Å². The second kappa shape index (κ2) is 4.68. The predicted octanol–water partition coefficient (Wildman–Crippen LogP) is 2.09. The van der Waals surface area contributed by atoms with E-state index in [0.717, 1.165) is 6.42 Å². The van der Waals surface area contributed by atoms with E-state index in [2.05, 4.69) is 4.72 Å². The van der Waals surface area contributed by atoms with Gasteiger partial charge in [0.25, 0.3) is 0 Å². The lowest BCUT2D eigenvalue weighted by Crippen LogP contribution is -2.45. The van der Waals surface area contributed by atoms with Crippen LogP contribution in [0.2, 0.25) is 0 Å². The van der Waals surface area contributed by atoms with Crippen molar-refractivity contribution in [1.29, 1.82) is 0 Å². The molecule has 1 heterocycles. The Balaban J connectivity index is 1.77. The average molecular weight is 311 g/mol. The first-order valence-electron chi connectivity index (χ1n) is 7.30. The van der Waals surface area contributed by atoms with Crippen molar-refractivity contribution in [3.63, 3.8) is 0 Å². The third kappa shape index (κ3) is 2.25. The monoisotopic (exact) mass is 311 g/mol. The van der Waals surface area contributed by atoms with Gasteiger partial charge in [0.15, 0.2) is 0 Å². The van der Waals surface area contributed by atoms with Gasteiger partial charge in [0, 0.05) is 11.8 Å². The van der Waals surface area contributed by atoms with E-state index in [1.807, 2.05) is 13.8 Å². The van der Waals surface area contributed by atoms with Gasteiger partial charge in [0.2, 0.25) is 10.0 Å². The van der Waals surface area contributed by atoms with E-state index in [0.29, 0.717) is 24.5 Å². The Labute approximate surface area is 125 Å². The summed E-state index contributed by atoms with van der Waals surface area (Å²) in [6.45, 7) is 4.21. The zero-order valence-electron chi connectivity index (χ0n) is 12.4. The smallest absolute Gasteiger partial charge is 0.213 e. The Morgan fingerprint density at radius 1 is 1.43 bits per heavy atom. The molecule has 1 aromatic heterocycles. The fourth-order valence-electron chi connectivity index (χ4n) is 4.08. The van der Waals surface area contributed by atoms with Gasteiger partial charge in [-0.25, -0.2) is 13.1 Å². The Morgan fingerprint density at radius 2 is 2.19 bits per heavy atom. The quantitative estimate of drug-likeness (QED) is 0.903. The molecule has 0 aliphatic heterocycles. The van der Waals surface area contributed by atoms with Crippen molar-refractivity contribution >= 4 is 15.8 Å². The van der Waals surface area contributed by atoms with Gasteiger partial charge in [-0.3, -0.25) is 4.79 Å². The summed E-state index contributed by atoms with van der Waals surface area (Å²) in [6.07, 6.45) is 3.67. The van der Waals surface area contributed by atoms with Crippen molar-refractivity contribution < 1.29 is 17.6 Å². The van der Waals surface area contributed by atoms with Crippen molar-refractivity contribution in [2.45, 2.75) is 39.7 Å². The summed E-state index contributed by atoms with van der Waals surface area (Å²) >= 11 is 0. The molecule has 2 bridgehead atoms. The second-order valence-corrected chi connectivity index (χ2v) is 8.63. The van der Waals surface area contributed by atoms with Crippen LogP contribution in [-0.2, 0) is 21.4 Å². The van der Waals surface area contributed by atoms with Gasteiger partial charge in [-0.2, -0.15) is 0 Å². The highest BCUT2D eigenvalue weighted by atomic mass is 32.2. The zero-order valence-corrected chi connectivity index (χ0v) is 13.2. The van der Waals surface area contributed by atoms with Crippen molar-refractivity contribution in [3.8, 4) is 0 Å². The van der Waals surface area contributed by atoms with Crippen molar-refractivity contribution in [1.82, 2.24) is 4.72 Å². The lowest BCUT2D eigenvalue weighted by Gasteiger charge is -2.36. The van der Waals surface area contributed by atoms with E-state index in [1.165, 1.54) is 6.26 Å². The third-order valence-corrected chi connectivity index (χ3v) is 7.08. The zero-order chi connectivity index (χ0) is 15.3. The highest BCUT2D eigenvalue weighted by molar-refractivity contribution is 7.89. The van der Waals surface area contributed by atoms with Crippen LogP contribution in [0.4, 0.5) is 0 Å². The number of hydrogen-bond donors (Lipinski definition) is 1. The third-order valence-electron chi connectivity index (χ3n) is 5.62. The van der Waals surface area contributed by atoms with E-state index < -0.39 is 15.4 Å². The number of Topliss-reactive ketones (excluding diaryl/α,β-unsaturated/α-hetero) is 1. The molecule has 3 rings (SSSR count). The Morgan fingerprint density at radius 3 is 2.71 bits per heavy atom. The Hall–Kier alpha value is -1.14. The van der Waals surface area contributed by atoms with Crippen LogP contribution < -0.4 is 4.72 Å². The largest absolute Gasteiger partial charge is 0.468 e. The molecule has 0 radical (unpaired) electrons. The van der Waals surface area contributed by atoms with E-state index in [1.54, 1.807) is 12.1 Å². The molecule has 116 valence electrons. The second-order valence-electron chi connectivity index (χ2n) is 6.83. The predicted molar refractivity (Wildman–Crippen MR) is 77.9 cm³/mol. The van der Waals surface area contributed by atoms with Crippen LogP contribution in [0, 0.1) is 16.7 Å². The normalized spacial score (nSPS) is 31.0. The minimum atomic E-state index is -3.52. The summed E-state index contributed by atoms with van der Waals surface area (Å²) in [7, 11) is -3.52. The number of rotatable bonds is 5. The van der Waals surface area contributed by atoms with Crippen LogP contribution in [-0.4, -0.2) is 20.0 Å². The molecule has 2 aliphatic carbocycles. The van der Waals surface area contributed by atoms with Gasteiger partial charge in [-0.05, 0) is 36.3 Å². The molecule has 2 fully saturated rings. The summed E-state index contributed by atoms with van der Waals surface area (Å²) < 4.78 is 32.5. The van der Waals surface area contributed by atoms with Gasteiger partial charge < -0.3 is 4.42 Å². The molecule has 6 heteroatoms. The fraction of sp³-hybridized carbons (Fsp3) is 0.667. The maximum Gasteiger partial charge on any atom is 0.213 e. The number of carbonyl (C=O) groups excluding carboxylic acids is 1. The molecule has 0 aromatic carbocycles. The molecule has 0 unspecified atom stereocenters. The van der Waals surface area contributed by atoms with E-state index in [9.17, 15) is 13.2 Å². The highest BCUT2D eigenvalue weighted by Gasteiger charge is 2.65. The van der Waals surface area contributed by atoms with Gasteiger partial charge in [-0.15, -0.1) is 0 Å². The SMILES string of the molecule is CC1(C)[C@@H]2CC[C@]1(CS(=O)(=O)NCc1ccco1)C(=O)C2. The van der Waals surface area contributed by atoms with Gasteiger partial charge >= 0.3 is 0 Å². The summed E-state index contributed by atoms with van der Waals surface area (Å²) in [4.78, 5) is 12.4. The minimum Gasteiger partial charge on any atom is -0.468 e. The summed E-state index contributed by atoms with van der Waals surface area (Å²) in [5.41, 5.74) is -0.948. The Kier molecular flexibility index (Phi) is 3.29. The first kappa shape index (κ1) is 14.8. The summed E-state index contributed by atoms with van der Waals surface area (Å²) in [6, 6.07) is 3.44. The molecule has 0 amide bonds. The Bertz CT molecular complexity index is 647. The number of nitrogens with one attached hydrogen (secondary N) is 1. The van der Waals surface area contributed by atoms with Crippen LogP contribution >= 0.6 is 0 Å². The lowest BCUT2D eigenvalue weighted by molar-refractivity contribution is -0.128. The molecule has 0 saturated heterocycles. The molecule has 5 nitrogen and oxygen atoms in total. The maximum absolute atomic E-state index is 12.4. The van der Waals surface area contributed by atoms with Crippen LogP contribution in [0.3, 0.4) is 0 Å². The number of hydrogen-bond acceptors (Lipinski definition) is 4. The summed E-state index contributed by atoms with van der Waals surface area (Å²) in [5.74, 6) is 0.901. The average Bonchev–Trinajstić information content (AvgIpc) is 3.02. The van der Waals surface area contributed by atoms with Crippen molar-refractivity contribution in [2.24, 2.45) is 16.7 Å². The van der Waals surface area contributed by atoms with Crippen LogP contribution in [0.15, 0.2) is 22.8 Å². The number of sulfonamides is 1. The van der Waals surface area contributed by atoms with E-state index >= 15 is 0 Å². The molecule has 1 N–H and O–H groups in total. The van der Waals surface area contributed by atoms with E-state index in [4.69, 9.17) is 4.42 Å². The van der Waals surface area contributed by atoms with Gasteiger partial charge in [-0.1, -0.05) is 13.8 Å². The van der Waals surface area contributed by atoms with Crippen LogP contribution in [0.1, 0.15) is 38.9 Å². The van der Waals surface area contributed by atoms with Crippen molar-refractivity contribution in [2.75, 3.05) is 5.75 Å². The van der Waals surface area contributed by atoms with Crippen molar-refractivity contribution in [3.05, 3.63) is 24.2 Å². The first-order chi connectivity index (χ1) is 9.77. The topological polar surface area (TPSA) is 76.4 Å². The molecular formula is C15H21NO4S. The highest BCUT2D eigenvalue weighted by Crippen LogP contribution is 2.64. The molecule has 2 saturated carbocycles. The van der Waals surface area contributed by atoms with Crippen LogP contribution in [0.25, 0.3) is 0 Å². The lowest BCUT2D eigenvalue weighted by atomic mass is 9.70. The molecule has 21 heavy (non-hydrogen) atoms. The molecule has 0 spiro atoms. The summed E-state index contributed by atoms with van der Waals surface area (Å²) in [5, 5.41) is 0. The number of furan rings is 1. The van der Waals surface area contributed by atoms with Gasteiger partial charge in [0.05, 0.1) is 18.6 Å². The molecule has 1 aromatic rings. The number of carbonyl (C=O) groups is 1. The molecule has 2 aliphatic rings. The number of fused-ring (bicyclic) bond motifs is 2. The maximum atomic E-state index is 12.4. The molecule has 2 atom stereocenters. The molecular weight excluding hydrogens is 290 g/mol.